The zero-order valence-corrected chi connectivity index (χ0v) is 14.8. The fourth-order valence-corrected chi connectivity index (χ4v) is 2.05. The van der Waals surface area contributed by atoms with Crippen molar-refractivity contribution in [2.45, 2.75) is 52.1 Å². The summed E-state index contributed by atoms with van der Waals surface area (Å²) in [6.45, 7) is 2.93. The van der Waals surface area contributed by atoms with E-state index < -0.39 is 61.4 Å². The van der Waals surface area contributed by atoms with Crippen LogP contribution in [0.2, 0.25) is 0 Å². The molecule has 0 unspecified atom stereocenters. The molecule has 0 rings (SSSR count). The van der Waals surface area contributed by atoms with Crippen LogP contribution in [0.4, 0.5) is 0 Å². The molecule has 4 atom stereocenters. The molecule has 12 nitrogen and oxygen atoms in total. The predicted molar refractivity (Wildman–Crippen MR) is 83.3 cm³/mol. The maximum absolute atomic E-state index is 11.5. The van der Waals surface area contributed by atoms with Gasteiger partial charge in [-0.05, 0) is 5.53 Å². The van der Waals surface area contributed by atoms with Gasteiger partial charge >= 0.3 is 23.9 Å². The number of hydrogen-bond acceptors (Lipinski definition) is 10. The maximum Gasteiger partial charge on any atom is 0.303 e. The predicted octanol–water partition coefficient (Wildman–Crippen LogP) is 0.0158. The van der Waals surface area contributed by atoms with Crippen molar-refractivity contribution >= 4 is 23.9 Å². The van der Waals surface area contributed by atoms with Crippen LogP contribution >= 0.6 is 0 Å². The number of carbonyl (C=O) groups is 4. The second kappa shape index (κ2) is 11.7. The molecule has 146 valence electrons. The van der Waals surface area contributed by atoms with E-state index in [9.17, 15) is 24.3 Å². The van der Waals surface area contributed by atoms with Crippen LogP contribution in [-0.4, -0.2) is 66.6 Å². The van der Waals surface area contributed by atoms with Crippen LogP contribution in [0, 0.1) is 0 Å². The lowest BCUT2D eigenvalue weighted by molar-refractivity contribution is -0.200. The van der Waals surface area contributed by atoms with E-state index in [1.807, 2.05) is 0 Å². The highest BCUT2D eigenvalue weighted by atomic mass is 16.6. The van der Waals surface area contributed by atoms with Crippen LogP contribution in [0.3, 0.4) is 0 Å². The number of esters is 4. The lowest BCUT2D eigenvalue weighted by atomic mass is 10.0. The highest BCUT2D eigenvalue weighted by Crippen LogP contribution is 2.20. The molecule has 0 spiro atoms. The zero-order valence-electron chi connectivity index (χ0n) is 14.8. The Bertz CT molecular complexity index is 570. The Morgan fingerprint density at radius 2 is 1.23 bits per heavy atom. The Hall–Kier alpha value is -2.85. The van der Waals surface area contributed by atoms with Crippen LogP contribution in [0.5, 0.6) is 0 Å². The van der Waals surface area contributed by atoms with E-state index in [0.29, 0.717) is 0 Å². The Kier molecular flexibility index (Phi) is 10.4. The third-order valence-corrected chi connectivity index (χ3v) is 2.80. The van der Waals surface area contributed by atoms with Gasteiger partial charge in [-0.25, -0.2) is 0 Å². The summed E-state index contributed by atoms with van der Waals surface area (Å²) >= 11 is 0. The normalized spacial score (nSPS) is 14.7. The number of nitrogens with zero attached hydrogens (tertiary/aromatic N) is 3. The van der Waals surface area contributed by atoms with Crippen molar-refractivity contribution in [3.8, 4) is 0 Å². The van der Waals surface area contributed by atoms with Gasteiger partial charge in [0, 0.05) is 32.6 Å². The molecule has 26 heavy (non-hydrogen) atoms. The molecule has 0 saturated carbocycles. The number of aliphatic hydroxyl groups excluding tert-OH is 1. The number of carbonyl (C=O) groups excluding carboxylic acids is 4. The first-order valence-corrected chi connectivity index (χ1v) is 7.42. The van der Waals surface area contributed by atoms with E-state index in [4.69, 9.17) is 24.5 Å². The second-order valence-electron chi connectivity index (χ2n) is 5.04. The number of aliphatic hydroxyl groups is 1. The minimum atomic E-state index is -1.52. The maximum atomic E-state index is 11.5. The van der Waals surface area contributed by atoms with E-state index in [0.717, 1.165) is 27.7 Å². The first-order chi connectivity index (χ1) is 12.1. The fourth-order valence-electron chi connectivity index (χ4n) is 2.05. The molecule has 0 amide bonds. The van der Waals surface area contributed by atoms with Crippen LogP contribution in [0.25, 0.3) is 10.4 Å². The summed E-state index contributed by atoms with van der Waals surface area (Å²) in [6.07, 6.45) is -5.82. The molecule has 0 radical (unpaired) electrons. The van der Waals surface area contributed by atoms with E-state index in [1.54, 1.807) is 0 Å². The number of ether oxygens (including phenoxy) is 4. The molecule has 0 fully saturated rings. The number of rotatable bonds is 10. The molecule has 0 saturated heterocycles. The topological polar surface area (TPSA) is 174 Å². The smallest absolute Gasteiger partial charge is 0.303 e. The zero-order chi connectivity index (χ0) is 20.3. The van der Waals surface area contributed by atoms with E-state index in [-0.39, 0.29) is 0 Å². The lowest BCUT2D eigenvalue weighted by Gasteiger charge is -2.34. The molecule has 0 aliphatic heterocycles. The second-order valence-corrected chi connectivity index (χ2v) is 5.04. The molecule has 0 aromatic heterocycles. The quantitative estimate of drug-likeness (QED) is 0.181. The Morgan fingerprint density at radius 3 is 1.58 bits per heavy atom. The molecule has 12 heteroatoms. The number of azide groups is 1. The number of hydrogen-bond donors (Lipinski definition) is 1. The van der Waals surface area contributed by atoms with E-state index in [1.165, 1.54) is 0 Å². The molecular formula is C14H21N3O9. The molecule has 0 bridgehead atoms. The van der Waals surface area contributed by atoms with Crippen molar-refractivity contribution in [1.82, 2.24) is 0 Å². The molecule has 0 aromatic rings. The summed E-state index contributed by atoms with van der Waals surface area (Å²) in [4.78, 5) is 48.0. The van der Waals surface area contributed by atoms with Crippen LogP contribution < -0.4 is 0 Å². The summed E-state index contributed by atoms with van der Waals surface area (Å²) in [5, 5.41) is 12.7. The van der Waals surface area contributed by atoms with Gasteiger partial charge in [-0.15, -0.1) is 0 Å². The molecule has 0 aliphatic carbocycles. The average molecular weight is 375 g/mol. The standard InChI is InChI=1S/C14H21N3O9/c1-7(19)23-11(5-16-17-15)13(25-9(3)21)14(26-10(4)22)12(6-18)24-8(2)20/h11-14,18H,5-6H2,1-4H3/t11-,12-,13-,14-/m1/s1. The summed E-state index contributed by atoms with van der Waals surface area (Å²) in [5.41, 5.74) is 8.49. The van der Waals surface area contributed by atoms with Gasteiger partial charge in [-0.2, -0.15) is 0 Å². The highest BCUT2D eigenvalue weighted by molar-refractivity contribution is 5.69. The summed E-state index contributed by atoms with van der Waals surface area (Å²) in [7, 11) is 0. The summed E-state index contributed by atoms with van der Waals surface area (Å²) < 4.78 is 20.0. The third kappa shape index (κ3) is 8.85. The van der Waals surface area contributed by atoms with Gasteiger partial charge in [0.05, 0.1) is 13.2 Å². The van der Waals surface area contributed by atoms with Crippen molar-refractivity contribution in [1.29, 1.82) is 0 Å². The SMILES string of the molecule is CC(=O)O[C@@H]([C@H](OC(C)=O)[C@@H](CN=[N+]=[N-])OC(C)=O)[C@@H](CO)OC(C)=O. The molecule has 0 aromatic carbocycles. The largest absolute Gasteiger partial charge is 0.458 e. The molecule has 0 aliphatic rings. The highest BCUT2D eigenvalue weighted by Gasteiger charge is 2.42. The van der Waals surface area contributed by atoms with E-state index in [2.05, 4.69) is 10.0 Å². The first kappa shape index (κ1) is 23.1. The van der Waals surface area contributed by atoms with Gasteiger partial charge < -0.3 is 24.1 Å². The average Bonchev–Trinajstić information content (AvgIpc) is 2.51. The molecule has 1 N–H and O–H groups in total. The third-order valence-electron chi connectivity index (χ3n) is 2.80. The van der Waals surface area contributed by atoms with Crippen molar-refractivity contribution < 1.29 is 43.2 Å². The van der Waals surface area contributed by atoms with Crippen molar-refractivity contribution in [3.05, 3.63) is 10.4 Å². The Labute approximate surface area is 149 Å². The minimum absolute atomic E-state index is 0.468. The van der Waals surface area contributed by atoms with Gasteiger partial charge in [0.15, 0.2) is 18.3 Å². The van der Waals surface area contributed by atoms with Crippen molar-refractivity contribution in [2.75, 3.05) is 13.2 Å². The van der Waals surface area contributed by atoms with Crippen molar-refractivity contribution in [2.24, 2.45) is 5.11 Å². The van der Waals surface area contributed by atoms with Crippen LogP contribution in [-0.2, 0) is 38.1 Å². The van der Waals surface area contributed by atoms with Crippen LogP contribution in [0.15, 0.2) is 5.11 Å². The monoisotopic (exact) mass is 375 g/mol. The van der Waals surface area contributed by atoms with E-state index >= 15 is 0 Å². The Balaban J connectivity index is 5.98. The van der Waals surface area contributed by atoms with Gasteiger partial charge in [-0.3, -0.25) is 19.2 Å². The molecular weight excluding hydrogens is 354 g/mol. The van der Waals surface area contributed by atoms with Crippen LogP contribution in [0.1, 0.15) is 27.7 Å². The summed E-state index contributed by atoms with van der Waals surface area (Å²) in [5.74, 6) is -3.29. The minimum Gasteiger partial charge on any atom is -0.458 e. The van der Waals surface area contributed by atoms with Gasteiger partial charge in [-0.1, -0.05) is 5.11 Å². The first-order valence-electron chi connectivity index (χ1n) is 7.42. The molecule has 0 heterocycles. The fraction of sp³-hybridized carbons (Fsp3) is 0.714. The van der Waals surface area contributed by atoms with Gasteiger partial charge in [0.1, 0.15) is 6.10 Å². The van der Waals surface area contributed by atoms with Gasteiger partial charge in [0.25, 0.3) is 0 Å². The summed E-state index contributed by atoms with van der Waals surface area (Å²) in [6, 6.07) is 0. The van der Waals surface area contributed by atoms with Gasteiger partial charge in [0.2, 0.25) is 0 Å². The van der Waals surface area contributed by atoms with Crippen molar-refractivity contribution in [3.63, 3.8) is 0 Å². The Morgan fingerprint density at radius 1 is 0.846 bits per heavy atom. The lowest BCUT2D eigenvalue weighted by Crippen LogP contribution is -2.53.